The molecule has 0 saturated carbocycles. The normalized spacial score (nSPS) is 9.08. The molecule has 0 bridgehead atoms. The summed E-state index contributed by atoms with van der Waals surface area (Å²) in [7, 11) is 0. The van der Waals surface area contributed by atoms with Crippen LogP contribution < -0.4 is 5.69 Å². The van der Waals surface area contributed by atoms with Crippen LogP contribution in [0, 0.1) is 18.8 Å². The Morgan fingerprint density at radius 2 is 2.38 bits per heavy atom. The number of nitrogens with zero attached hydrogens (tertiary/aromatic N) is 2. The molecule has 13 heavy (non-hydrogen) atoms. The summed E-state index contributed by atoms with van der Waals surface area (Å²) in [6, 6.07) is 1.82. The van der Waals surface area contributed by atoms with E-state index in [-0.39, 0.29) is 5.69 Å². The summed E-state index contributed by atoms with van der Waals surface area (Å²) in [6.45, 7) is 4.21. The SMILES string of the molecule is CC#CCCn1ccc(C)nc1=O. The molecule has 3 heteroatoms. The second-order valence-electron chi connectivity index (χ2n) is 2.72. The summed E-state index contributed by atoms with van der Waals surface area (Å²) in [6.07, 6.45) is 2.45. The molecule has 68 valence electrons. The molecule has 0 spiro atoms. The largest absolute Gasteiger partial charge is 0.347 e. The predicted molar refractivity (Wildman–Crippen MR) is 51.3 cm³/mol. The fourth-order valence-corrected chi connectivity index (χ4v) is 0.985. The van der Waals surface area contributed by atoms with Crippen LogP contribution >= 0.6 is 0 Å². The Bertz CT molecular complexity index is 395. The third kappa shape index (κ3) is 2.75. The summed E-state index contributed by atoms with van der Waals surface area (Å²) in [5.41, 5.74) is 0.556. The second-order valence-corrected chi connectivity index (χ2v) is 2.72. The van der Waals surface area contributed by atoms with E-state index in [9.17, 15) is 4.79 Å². The monoisotopic (exact) mass is 176 g/mol. The lowest BCUT2D eigenvalue weighted by molar-refractivity contribution is 0.662. The molecule has 0 aliphatic rings. The maximum atomic E-state index is 11.2. The minimum Gasteiger partial charge on any atom is -0.298 e. The van der Waals surface area contributed by atoms with Gasteiger partial charge >= 0.3 is 5.69 Å². The van der Waals surface area contributed by atoms with E-state index >= 15 is 0 Å². The maximum Gasteiger partial charge on any atom is 0.347 e. The molecule has 0 aromatic carbocycles. The first-order valence-corrected chi connectivity index (χ1v) is 4.17. The van der Waals surface area contributed by atoms with Crippen molar-refractivity contribution in [1.82, 2.24) is 9.55 Å². The van der Waals surface area contributed by atoms with Crippen molar-refractivity contribution in [3.8, 4) is 11.8 Å². The van der Waals surface area contributed by atoms with Crippen LogP contribution in [-0.2, 0) is 6.54 Å². The molecule has 0 atom stereocenters. The Balaban J connectivity index is 2.76. The van der Waals surface area contributed by atoms with Crippen LogP contribution in [0.4, 0.5) is 0 Å². The fraction of sp³-hybridized carbons (Fsp3) is 0.400. The number of aryl methyl sites for hydroxylation is 2. The van der Waals surface area contributed by atoms with Crippen LogP contribution in [0.3, 0.4) is 0 Å². The highest BCUT2D eigenvalue weighted by atomic mass is 16.1. The van der Waals surface area contributed by atoms with Gasteiger partial charge in [-0.3, -0.25) is 4.57 Å². The van der Waals surface area contributed by atoms with Crippen LogP contribution in [0.2, 0.25) is 0 Å². The Kier molecular flexibility index (Phi) is 3.27. The van der Waals surface area contributed by atoms with Gasteiger partial charge in [-0.05, 0) is 19.9 Å². The summed E-state index contributed by atoms with van der Waals surface area (Å²) >= 11 is 0. The van der Waals surface area contributed by atoms with Gasteiger partial charge in [0.15, 0.2) is 0 Å². The van der Waals surface area contributed by atoms with Gasteiger partial charge in [-0.15, -0.1) is 11.8 Å². The predicted octanol–water partition coefficient (Wildman–Crippen LogP) is 0.965. The number of aromatic nitrogens is 2. The minimum atomic E-state index is -0.196. The van der Waals surface area contributed by atoms with E-state index in [1.54, 1.807) is 24.6 Å². The molecule has 0 radical (unpaired) electrons. The number of rotatable bonds is 2. The molecular weight excluding hydrogens is 164 g/mol. The van der Waals surface area contributed by atoms with Crippen molar-refractivity contribution in [3.05, 3.63) is 28.4 Å². The topological polar surface area (TPSA) is 34.9 Å². The average Bonchev–Trinajstić information content (AvgIpc) is 2.09. The Morgan fingerprint density at radius 3 is 3.00 bits per heavy atom. The van der Waals surface area contributed by atoms with Gasteiger partial charge in [-0.1, -0.05) is 0 Å². The molecule has 1 aromatic rings. The molecular formula is C10H12N2O. The highest BCUT2D eigenvalue weighted by molar-refractivity contribution is 4.98. The molecule has 1 rings (SSSR count). The molecule has 0 amide bonds. The van der Waals surface area contributed by atoms with E-state index in [0.29, 0.717) is 13.0 Å². The lowest BCUT2D eigenvalue weighted by Crippen LogP contribution is -2.22. The molecule has 3 nitrogen and oxygen atoms in total. The molecule has 0 unspecified atom stereocenters. The van der Waals surface area contributed by atoms with E-state index in [1.807, 2.05) is 6.07 Å². The zero-order valence-corrected chi connectivity index (χ0v) is 7.87. The zero-order chi connectivity index (χ0) is 9.68. The molecule has 1 heterocycles. The average molecular weight is 176 g/mol. The molecule has 0 aliphatic heterocycles. The first-order chi connectivity index (χ1) is 6.24. The highest BCUT2D eigenvalue weighted by Gasteiger charge is 1.94. The molecule has 0 N–H and O–H groups in total. The fourth-order valence-electron chi connectivity index (χ4n) is 0.985. The van der Waals surface area contributed by atoms with Crippen molar-refractivity contribution in [1.29, 1.82) is 0 Å². The summed E-state index contributed by atoms with van der Waals surface area (Å²) < 4.78 is 1.57. The van der Waals surface area contributed by atoms with E-state index in [0.717, 1.165) is 5.69 Å². The van der Waals surface area contributed by atoms with E-state index in [1.165, 1.54) is 0 Å². The van der Waals surface area contributed by atoms with Crippen molar-refractivity contribution in [3.63, 3.8) is 0 Å². The van der Waals surface area contributed by atoms with Gasteiger partial charge in [-0.25, -0.2) is 4.79 Å². The van der Waals surface area contributed by atoms with Crippen molar-refractivity contribution < 1.29 is 0 Å². The first-order valence-electron chi connectivity index (χ1n) is 4.17. The van der Waals surface area contributed by atoms with Crippen LogP contribution in [0.25, 0.3) is 0 Å². The van der Waals surface area contributed by atoms with Crippen molar-refractivity contribution in [2.45, 2.75) is 26.8 Å². The Morgan fingerprint density at radius 1 is 1.62 bits per heavy atom. The van der Waals surface area contributed by atoms with Gasteiger partial charge in [0.2, 0.25) is 0 Å². The van der Waals surface area contributed by atoms with Gasteiger partial charge in [0.05, 0.1) is 0 Å². The van der Waals surface area contributed by atoms with Crippen LogP contribution in [0.5, 0.6) is 0 Å². The Hall–Kier alpha value is -1.56. The van der Waals surface area contributed by atoms with Gasteiger partial charge in [0.1, 0.15) is 0 Å². The van der Waals surface area contributed by atoms with Crippen LogP contribution in [0.15, 0.2) is 17.1 Å². The van der Waals surface area contributed by atoms with Crippen molar-refractivity contribution in [2.24, 2.45) is 0 Å². The van der Waals surface area contributed by atoms with Crippen LogP contribution in [-0.4, -0.2) is 9.55 Å². The van der Waals surface area contributed by atoms with Crippen molar-refractivity contribution in [2.75, 3.05) is 0 Å². The number of hydrogen-bond acceptors (Lipinski definition) is 2. The van der Waals surface area contributed by atoms with E-state index in [2.05, 4.69) is 16.8 Å². The standard InChI is InChI=1S/C10H12N2O/c1-3-4-5-7-12-8-6-9(2)11-10(12)13/h6,8H,5,7H2,1-2H3. The molecule has 1 aromatic heterocycles. The van der Waals surface area contributed by atoms with Gasteiger partial charge in [0.25, 0.3) is 0 Å². The smallest absolute Gasteiger partial charge is 0.298 e. The zero-order valence-electron chi connectivity index (χ0n) is 7.87. The summed E-state index contributed by atoms with van der Waals surface area (Å²) in [5, 5.41) is 0. The third-order valence-electron chi connectivity index (χ3n) is 1.67. The first kappa shape index (κ1) is 9.53. The highest BCUT2D eigenvalue weighted by Crippen LogP contribution is 1.88. The third-order valence-corrected chi connectivity index (χ3v) is 1.67. The minimum absolute atomic E-state index is 0.196. The Labute approximate surface area is 77.4 Å². The second kappa shape index (κ2) is 4.46. The molecule has 0 aliphatic carbocycles. The van der Waals surface area contributed by atoms with Gasteiger partial charge < -0.3 is 0 Å². The summed E-state index contributed by atoms with van der Waals surface area (Å²) in [5.74, 6) is 5.68. The van der Waals surface area contributed by atoms with Gasteiger partial charge in [-0.2, -0.15) is 4.98 Å². The quantitative estimate of drug-likeness (QED) is 0.629. The lowest BCUT2D eigenvalue weighted by Gasteiger charge is -2.00. The lowest BCUT2D eigenvalue weighted by atomic mass is 10.4. The maximum absolute atomic E-state index is 11.2. The van der Waals surface area contributed by atoms with E-state index in [4.69, 9.17) is 0 Å². The molecule has 0 fully saturated rings. The summed E-state index contributed by atoms with van der Waals surface area (Å²) in [4.78, 5) is 15.0. The number of hydrogen-bond donors (Lipinski definition) is 0. The van der Waals surface area contributed by atoms with E-state index < -0.39 is 0 Å². The molecule has 0 saturated heterocycles. The van der Waals surface area contributed by atoms with Gasteiger partial charge in [0, 0.05) is 24.9 Å². The van der Waals surface area contributed by atoms with Crippen LogP contribution in [0.1, 0.15) is 19.0 Å². The van der Waals surface area contributed by atoms with Crippen molar-refractivity contribution >= 4 is 0 Å².